The first-order chi connectivity index (χ1) is 5.22. The van der Waals surface area contributed by atoms with Crippen LogP contribution in [0.1, 0.15) is 13.8 Å². The van der Waals surface area contributed by atoms with Crippen LogP contribution in [0.2, 0.25) is 0 Å². The summed E-state index contributed by atoms with van der Waals surface area (Å²) in [7, 11) is 0. The van der Waals surface area contributed by atoms with E-state index in [0.717, 1.165) is 19.4 Å². The highest BCUT2D eigenvalue weighted by Crippen LogP contribution is 2.08. The number of hydrogen-bond acceptors (Lipinski definition) is 3. The zero-order chi connectivity index (χ0) is 8.27. The molecule has 0 aliphatic carbocycles. The second-order valence-electron chi connectivity index (χ2n) is 3.14. The molecule has 0 bridgehead atoms. The molecule has 0 N–H and O–H groups in total. The molecule has 1 saturated heterocycles. The summed E-state index contributed by atoms with van der Waals surface area (Å²) in [4.78, 5) is 12.3. The van der Waals surface area contributed by atoms with Crippen LogP contribution >= 0.6 is 0 Å². The molecule has 3 nitrogen and oxygen atoms in total. The Kier molecular flexibility index (Phi) is 3.02. The largest absolute Gasteiger partial charge is 0.373 e. The van der Waals surface area contributed by atoms with Gasteiger partial charge in [-0.25, -0.2) is 0 Å². The number of aldehydes is 1. The maximum absolute atomic E-state index is 10.2. The van der Waals surface area contributed by atoms with Gasteiger partial charge in [-0.05, 0) is 13.8 Å². The summed E-state index contributed by atoms with van der Waals surface area (Å²) in [5.41, 5.74) is 0. The van der Waals surface area contributed by atoms with Crippen LogP contribution in [0.25, 0.3) is 0 Å². The molecule has 1 rings (SSSR count). The van der Waals surface area contributed by atoms with Crippen molar-refractivity contribution in [1.82, 2.24) is 4.90 Å². The lowest BCUT2D eigenvalue weighted by atomic mass is 10.2. The highest BCUT2D eigenvalue weighted by atomic mass is 16.5. The fourth-order valence-electron chi connectivity index (χ4n) is 1.54. The van der Waals surface area contributed by atoms with E-state index in [1.165, 1.54) is 0 Å². The van der Waals surface area contributed by atoms with Crippen LogP contribution in [0.5, 0.6) is 0 Å². The summed E-state index contributed by atoms with van der Waals surface area (Å²) >= 11 is 0. The van der Waals surface area contributed by atoms with Crippen molar-refractivity contribution in [3.63, 3.8) is 0 Å². The van der Waals surface area contributed by atoms with Crippen molar-refractivity contribution in [2.24, 2.45) is 0 Å². The van der Waals surface area contributed by atoms with Gasteiger partial charge >= 0.3 is 0 Å². The molecule has 0 spiro atoms. The number of ether oxygens (including phenoxy) is 1. The van der Waals surface area contributed by atoms with Crippen molar-refractivity contribution >= 4 is 6.29 Å². The quantitative estimate of drug-likeness (QED) is 0.540. The summed E-state index contributed by atoms with van der Waals surface area (Å²) < 4.78 is 5.51. The zero-order valence-electron chi connectivity index (χ0n) is 7.12. The zero-order valence-corrected chi connectivity index (χ0v) is 7.12. The molecule has 1 heterocycles. The molecule has 0 aromatic rings. The molecule has 0 amide bonds. The molecule has 3 heteroatoms. The van der Waals surface area contributed by atoms with Gasteiger partial charge < -0.3 is 9.53 Å². The van der Waals surface area contributed by atoms with E-state index in [1.54, 1.807) is 0 Å². The third-order valence-corrected chi connectivity index (χ3v) is 1.83. The summed E-state index contributed by atoms with van der Waals surface area (Å²) in [5, 5.41) is 0. The Morgan fingerprint density at radius 2 is 2.00 bits per heavy atom. The van der Waals surface area contributed by atoms with E-state index < -0.39 is 0 Å². The van der Waals surface area contributed by atoms with Gasteiger partial charge in [0, 0.05) is 13.1 Å². The molecule has 64 valence electrons. The van der Waals surface area contributed by atoms with E-state index in [4.69, 9.17) is 4.74 Å². The maximum Gasteiger partial charge on any atom is 0.133 e. The fraction of sp³-hybridized carbons (Fsp3) is 0.875. The number of carbonyl (C=O) groups is 1. The van der Waals surface area contributed by atoms with Gasteiger partial charge in [0.2, 0.25) is 0 Å². The highest BCUT2D eigenvalue weighted by molar-refractivity contribution is 5.51. The summed E-state index contributed by atoms with van der Waals surface area (Å²) in [6.45, 7) is 6.37. The minimum Gasteiger partial charge on any atom is -0.373 e. The van der Waals surface area contributed by atoms with Gasteiger partial charge in [-0.1, -0.05) is 0 Å². The lowest BCUT2D eigenvalue weighted by molar-refractivity contribution is -0.112. The first-order valence-corrected chi connectivity index (χ1v) is 4.04. The van der Waals surface area contributed by atoms with E-state index in [0.29, 0.717) is 6.54 Å². The SMILES string of the molecule is CC1CN(CC=O)CC(C)O1. The standard InChI is InChI=1S/C8H15NO2/c1-7-5-9(3-4-10)6-8(2)11-7/h4,7-8H,3,5-6H2,1-2H3. The van der Waals surface area contributed by atoms with Crippen LogP contribution in [-0.4, -0.2) is 43.0 Å². The minimum atomic E-state index is 0.263. The topological polar surface area (TPSA) is 29.5 Å². The average molecular weight is 157 g/mol. The molecule has 0 aromatic heterocycles. The molecule has 1 fully saturated rings. The number of morpholine rings is 1. The van der Waals surface area contributed by atoms with Gasteiger partial charge in [0.1, 0.15) is 6.29 Å². The number of nitrogens with zero attached hydrogens (tertiary/aromatic N) is 1. The first-order valence-electron chi connectivity index (χ1n) is 4.04. The average Bonchev–Trinajstić information content (AvgIpc) is 1.85. The molecule has 0 radical (unpaired) electrons. The third kappa shape index (κ3) is 2.60. The summed E-state index contributed by atoms with van der Waals surface area (Å²) in [5.74, 6) is 0. The predicted octanol–water partition coefficient (Wildman–Crippen LogP) is 0.294. The number of carbonyl (C=O) groups excluding carboxylic acids is 1. The monoisotopic (exact) mass is 157 g/mol. The van der Waals surface area contributed by atoms with Gasteiger partial charge in [-0.15, -0.1) is 0 Å². The van der Waals surface area contributed by atoms with Crippen LogP contribution in [0.4, 0.5) is 0 Å². The normalized spacial score (nSPS) is 33.6. The van der Waals surface area contributed by atoms with Crippen LogP contribution < -0.4 is 0 Å². The Morgan fingerprint density at radius 1 is 1.45 bits per heavy atom. The molecular weight excluding hydrogens is 142 g/mol. The highest BCUT2D eigenvalue weighted by Gasteiger charge is 2.20. The van der Waals surface area contributed by atoms with E-state index >= 15 is 0 Å². The van der Waals surface area contributed by atoms with Crippen molar-refractivity contribution in [3.05, 3.63) is 0 Å². The second-order valence-corrected chi connectivity index (χ2v) is 3.14. The number of hydrogen-bond donors (Lipinski definition) is 0. The minimum absolute atomic E-state index is 0.263. The van der Waals surface area contributed by atoms with Gasteiger partial charge in [0.25, 0.3) is 0 Å². The predicted molar refractivity (Wildman–Crippen MR) is 42.5 cm³/mol. The Hall–Kier alpha value is -0.410. The third-order valence-electron chi connectivity index (χ3n) is 1.83. The Balaban J connectivity index is 2.36. The molecule has 0 saturated carbocycles. The van der Waals surface area contributed by atoms with Gasteiger partial charge in [0.15, 0.2) is 0 Å². The molecule has 1 aliphatic heterocycles. The van der Waals surface area contributed by atoms with Crippen LogP contribution in [0, 0.1) is 0 Å². The van der Waals surface area contributed by atoms with Crippen LogP contribution in [0.3, 0.4) is 0 Å². The maximum atomic E-state index is 10.2. The van der Waals surface area contributed by atoms with E-state index in [1.807, 2.05) is 13.8 Å². The Morgan fingerprint density at radius 3 is 2.45 bits per heavy atom. The molecule has 2 unspecified atom stereocenters. The molecule has 2 atom stereocenters. The smallest absolute Gasteiger partial charge is 0.133 e. The van der Waals surface area contributed by atoms with Gasteiger partial charge in [0.05, 0.1) is 18.8 Å². The molecule has 0 aromatic carbocycles. The lowest BCUT2D eigenvalue weighted by Crippen LogP contribution is -2.45. The first kappa shape index (κ1) is 8.68. The Bertz CT molecular complexity index is 128. The van der Waals surface area contributed by atoms with E-state index in [9.17, 15) is 4.79 Å². The van der Waals surface area contributed by atoms with Crippen LogP contribution in [-0.2, 0) is 9.53 Å². The second kappa shape index (κ2) is 3.83. The van der Waals surface area contributed by atoms with Crippen molar-refractivity contribution < 1.29 is 9.53 Å². The van der Waals surface area contributed by atoms with Gasteiger partial charge in [-0.2, -0.15) is 0 Å². The summed E-state index contributed by atoms with van der Waals surface area (Å²) in [6.07, 6.45) is 1.47. The van der Waals surface area contributed by atoms with Crippen molar-refractivity contribution in [3.8, 4) is 0 Å². The fourth-order valence-corrected chi connectivity index (χ4v) is 1.54. The molecule has 1 aliphatic rings. The van der Waals surface area contributed by atoms with E-state index in [-0.39, 0.29) is 12.2 Å². The molecule has 11 heavy (non-hydrogen) atoms. The number of rotatable bonds is 2. The van der Waals surface area contributed by atoms with Crippen molar-refractivity contribution in [2.75, 3.05) is 19.6 Å². The van der Waals surface area contributed by atoms with Crippen molar-refractivity contribution in [1.29, 1.82) is 0 Å². The Labute approximate surface area is 67.3 Å². The van der Waals surface area contributed by atoms with Gasteiger partial charge in [-0.3, -0.25) is 4.90 Å². The lowest BCUT2D eigenvalue weighted by Gasteiger charge is -2.33. The van der Waals surface area contributed by atoms with E-state index in [2.05, 4.69) is 4.90 Å². The molecular formula is C8H15NO2. The summed E-state index contributed by atoms with van der Waals surface area (Å²) in [6, 6.07) is 0. The van der Waals surface area contributed by atoms with Crippen molar-refractivity contribution in [2.45, 2.75) is 26.1 Å². The van der Waals surface area contributed by atoms with Crippen LogP contribution in [0.15, 0.2) is 0 Å².